The van der Waals surface area contributed by atoms with E-state index in [0.717, 1.165) is 6.07 Å². The lowest BCUT2D eigenvalue weighted by atomic mass is 9.99. The number of nitrogens with zero attached hydrogens (tertiary/aromatic N) is 1. The molecule has 0 aliphatic rings. The lowest BCUT2D eigenvalue weighted by Crippen LogP contribution is -2.19. The Bertz CT molecular complexity index is 1080. The maximum absolute atomic E-state index is 13.6. The van der Waals surface area contributed by atoms with Gasteiger partial charge in [-0.05, 0) is 25.1 Å². The Hall–Kier alpha value is -2.29. The molecule has 28 heavy (non-hydrogen) atoms. The average molecular weight is 452 g/mol. The van der Waals surface area contributed by atoms with Gasteiger partial charge >= 0.3 is 0 Å². The highest BCUT2D eigenvalue weighted by Crippen LogP contribution is 2.32. The number of hydrogen-bond donors (Lipinski definition) is 1. The summed E-state index contributed by atoms with van der Waals surface area (Å²) in [5.74, 6) is -6.09. The van der Waals surface area contributed by atoms with E-state index in [1.165, 1.54) is 13.1 Å². The van der Waals surface area contributed by atoms with Gasteiger partial charge in [0.2, 0.25) is 5.78 Å². The van der Waals surface area contributed by atoms with Crippen molar-refractivity contribution in [3.05, 3.63) is 64.4 Å². The third kappa shape index (κ3) is 3.67. The predicted octanol–water partition coefficient (Wildman–Crippen LogP) is 5.18. The van der Waals surface area contributed by atoms with E-state index in [0.29, 0.717) is 12.1 Å². The Kier molecular flexibility index (Phi) is 5.31. The molecule has 0 amide bonds. The van der Waals surface area contributed by atoms with Gasteiger partial charge in [0, 0.05) is 17.3 Å². The van der Waals surface area contributed by atoms with E-state index in [2.05, 4.69) is 10.1 Å². The number of alkyl halides is 3. The first-order chi connectivity index (χ1) is 13.0. The Morgan fingerprint density at radius 2 is 1.71 bits per heavy atom. The molecule has 0 bridgehead atoms. The van der Waals surface area contributed by atoms with Crippen LogP contribution < -0.4 is 0 Å². The van der Waals surface area contributed by atoms with Crippen molar-refractivity contribution in [3.63, 3.8) is 0 Å². The summed E-state index contributed by atoms with van der Waals surface area (Å²) in [5, 5.41) is 3.63. The number of aryl methyl sites for hydroxylation is 1. The molecular weight excluding hydrogens is 444 g/mol. The normalized spacial score (nSPS) is 11.7. The topological polar surface area (TPSA) is 76.0 Å². The third-order valence-corrected chi connectivity index (χ3v) is 4.31. The number of Topliss-reactive ketones (excluding diaryl/α,β-unsaturated/α-hetero) is 1. The largest absolute Gasteiger partial charge is 0.360 e. The zero-order chi connectivity index (χ0) is 20.8. The molecule has 2 heterocycles. The van der Waals surface area contributed by atoms with E-state index in [9.17, 15) is 22.8 Å². The minimum absolute atomic E-state index is 0.0202. The molecule has 0 saturated heterocycles. The SMILES string of the molecule is Cc1onc(-c2cc(F)c(F)c(F)c2)c1C(=O)c1c[nH]c(C(=O)C(Cl)(Cl)Cl)c1. The first-order valence-corrected chi connectivity index (χ1v) is 8.60. The lowest BCUT2D eigenvalue weighted by Gasteiger charge is -2.06. The number of carbonyl (C=O) groups is 2. The van der Waals surface area contributed by atoms with Crippen molar-refractivity contribution >= 4 is 46.4 Å². The summed E-state index contributed by atoms with van der Waals surface area (Å²) in [6.07, 6.45) is 1.19. The van der Waals surface area contributed by atoms with Crippen molar-refractivity contribution < 1.29 is 27.3 Å². The van der Waals surface area contributed by atoms with Crippen molar-refractivity contribution in [1.82, 2.24) is 10.1 Å². The molecule has 0 radical (unpaired) electrons. The van der Waals surface area contributed by atoms with Crippen LogP contribution in [0.25, 0.3) is 11.3 Å². The van der Waals surface area contributed by atoms with Crippen LogP contribution in [0.2, 0.25) is 0 Å². The van der Waals surface area contributed by atoms with Crippen LogP contribution >= 0.6 is 34.8 Å². The number of carbonyl (C=O) groups excluding carboxylic acids is 2. The van der Waals surface area contributed by atoms with Crippen LogP contribution in [0.3, 0.4) is 0 Å². The van der Waals surface area contributed by atoms with Crippen LogP contribution in [0.15, 0.2) is 28.9 Å². The Labute approximate surface area is 170 Å². The van der Waals surface area contributed by atoms with Crippen LogP contribution in [-0.4, -0.2) is 25.5 Å². The number of nitrogens with one attached hydrogen (secondary N) is 1. The third-order valence-electron chi connectivity index (χ3n) is 3.79. The van der Waals surface area contributed by atoms with Crippen molar-refractivity contribution in [1.29, 1.82) is 0 Å². The molecular formula is C17H8Cl3F3N2O3. The average Bonchev–Trinajstić information content (AvgIpc) is 3.24. The summed E-state index contributed by atoms with van der Waals surface area (Å²) in [4.78, 5) is 27.3. The molecule has 0 saturated carbocycles. The molecule has 0 atom stereocenters. The summed E-state index contributed by atoms with van der Waals surface area (Å²) in [7, 11) is 0. The van der Waals surface area contributed by atoms with E-state index >= 15 is 0 Å². The van der Waals surface area contributed by atoms with Crippen molar-refractivity contribution in [2.24, 2.45) is 0 Å². The number of ketones is 2. The number of halogens is 6. The van der Waals surface area contributed by atoms with Gasteiger partial charge < -0.3 is 9.51 Å². The van der Waals surface area contributed by atoms with Gasteiger partial charge in [-0.2, -0.15) is 0 Å². The number of benzene rings is 1. The van der Waals surface area contributed by atoms with Crippen LogP contribution in [0.4, 0.5) is 13.2 Å². The van der Waals surface area contributed by atoms with Crippen LogP contribution in [-0.2, 0) is 0 Å². The Balaban J connectivity index is 2.04. The molecule has 11 heteroatoms. The summed E-state index contributed by atoms with van der Waals surface area (Å²) in [6.45, 7) is 1.40. The van der Waals surface area contributed by atoms with Gasteiger partial charge in [0.05, 0.1) is 11.3 Å². The standard InChI is InChI=1S/C17H8Cl3F3N2O3/c1-6-12(14(25-28-6)7-2-9(21)13(23)10(22)3-7)15(26)8-4-11(24-5-8)16(27)17(18,19)20/h2-5,24H,1H3. The second kappa shape index (κ2) is 7.27. The lowest BCUT2D eigenvalue weighted by molar-refractivity contribution is 0.0992. The van der Waals surface area contributed by atoms with Gasteiger partial charge in [0.25, 0.3) is 3.79 Å². The van der Waals surface area contributed by atoms with Gasteiger partial charge in [0.1, 0.15) is 11.5 Å². The van der Waals surface area contributed by atoms with E-state index in [1.807, 2.05) is 0 Å². The van der Waals surface area contributed by atoms with Gasteiger partial charge in [-0.3, -0.25) is 9.59 Å². The highest BCUT2D eigenvalue weighted by molar-refractivity contribution is 6.77. The smallest absolute Gasteiger partial charge is 0.254 e. The van der Waals surface area contributed by atoms with E-state index in [1.54, 1.807) is 0 Å². The number of rotatable bonds is 4. The minimum Gasteiger partial charge on any atom is -0.360 e. The minimum atomic E-state index is -2.23. The van der Waals surface area contributed by atoms with Gasteiger partial charge in [-0.15, -0.1) is 0 Å². The van der Waals surface area contributed by atoms with Gasteiger partial charge in [-0.25, -0.2) is 13.2 Å². The van der Waals surface area contributed by atoms with E-state index in [-0.39, 0.29) is 33.8 Å². The summed E-state index contributed by atoms with van der Waals surface area (Å²) in [5.41, 5.74) is -0.691. The van der Waals surface area contributed by atoms with Gasteiger partial charge in [0.15, 0.2) is 23.2 Å². The Morgan fingerprint density at radius 3 is 2.29 bits per heavy atom. The van der Waals surface area contributed by atoms with Crippen molar-refractivity contribution in [2.75, 3.05) is 0 Å². The van der Waals surface area contributed by atoms with Gasteiger partial charge in [-0.1, -0.05) is 40.0 Å². The molecule has 0 aliphatic heterocycles. The summed E-state index contributed by atoms with van der Waals surface area (Å²) in [6, 6.07) is 2.51. The fourth-order valence-corrected chi connectivity index (χ4v) is 2.79. The molecule has 0 aliphatic carbocycles. The fraction of sp³-hybridized carbons (Fsp3) is 0.118. The fourth-order valence-electron chi connectivity index (χ4n) is 2.48. The Morgan fingerprint density at radius 1 is 1.11 bits per heavy atom. The zero-order valence-electron chi connectivity index (χ0n) is 13.7. The molecule has 5 nitrogen and oxygen atoms in total. The monoisotopic (exact) mass is 450 g/mol. The number of aromatic nitrogens is 2. The molecule has 2 aromatic heterocycles. The molecule has 3 aromatic rings. The zero-order valence-corrected chi connectivity index (χ0v) is 16.0. The van der Waals surface area contributed by atoms with Crippen LogP contribution in [0.1, 0.15) is 32.2 Å². The molecule has 0 unspecified atom stereocenters. The first-order valence-electron chi connectivity index (χ1n) is 7.46. The highest BCUT2D eigenvalue weighted by Gasteiger charge is 2.33. The van der Waals surface area contributed by atoms with Crippen molar-refractivity contribution in [2.45, 2.75) is 10.7 Å². The molecule has 0 spiro atoms. The molecule has 0 fully saturated rings. The van der Waals surface area contributed by atoms with E-state index in [4.69, 9.17) is 39.3 Å². The molecule has 1 aromatic carbocycles. The number of hydrogen-bond acceptors (Lipinski definition) is 4. The summed E-state index contributed by atoms with van der Waals surface area (Å²) >= 11 is 16.6. The van der Waals surface area contributed by atoms with Crippen LogP contribution in [0, 0.1) is 24.4 Å². The first kappa shape index (κ1) is 20.4. The quantitative estimate of drug-likeness (QED) is 0.337. The number of aromatic amines is 1. The maximum atomic E-state index is 13.6. The summed E-state index contributed by atoms with van der Waals surface area (Å²) < 4.78 is 43.0. The second-order valence-electron chi connectivity index (χ2n) is 5.67. The highest BCUT2D eigenvalue weighted by atomic mass is 35.6. The van der Waals surface area contributed by atoms with E-state index < -0.39 is 32.8 Å². The number of H-pyrrole nitrogens is 1. The van der Waals surface area contributed by atoms with Crippen LogP contribution in [0.5, 0.6) is 0 Å². The maximum Gasteiger partial charge on any atom is 0.254 e. The second-order valence-corrected chi connectivity index (χ2v) is 7.96. The molecule has 146 valence electrons. The molecule has 3 rings (SSSR count). The van der Waals surface area contributed by atoms with Crippen molar-refractivity contribution in [3.8, 4) is 11.3 Å². The molecule has 1 N–H and O–H groups in total. The predicted molar refractivity (Wildman–Crippen MR) is 95.4 cm³/mol.